The van der Waals surface area contributed by atoms with Gasteiger partial charge in [-0.15, -0.1) is 6.58 Å². The molecule has 1 aliphatic heterocycles. The molecule has 0 spiro atoms. The van der Waals surface area contributed by atoms with Crippen molar-refractivity contribution in [3.63, 3.8) is 0 Å². The lowest BCUT2D eigenvalue weighted by atomic mass is 10.0. The summed E-state index contributed by atoms with van der Waals surface area (Å²) in [7, 11) is 0. The van der Waals surface area contributed by atoms with Gasteiger partial charge in [-0.05, 0) is 55.2 Å². The Hall–Kier alpha value is -3.08. The van der Waals surface area contributed by atoms with E-state index in [0.29, 0.717) is 5.92 Å². The second-order valence-corrected chi connectivity index (χ2v) is 7.10. The number of carbonyl (C=O) groups is 2. The van der Waals surface area contributed by atoms with Gasteiger partial charge in [0.1, 0.15) is 5.70 Å². The first-order valence-electron chi connectivity index (χ1n) is 9.08. The molecule has 5 heteroatoms. The molecule has 1 fully saturated rings. The fourth-order valence-corrected chi connectivity index (χ4v) is 3.36. The zero-order chi connectivity index (χ0) is 19.7. The molecule has 1 aromatic heterocycles. The van der Waals surface area contributed by atoms with E-state index in [1.54, 1.807) is 6.08 Å². The van der Waals surface area contributed by atoms with Crippen LogP contribution in [0.15, 0.2) is 48.7 Å². The normalized spacial score (nSPS) is 15.7. The predicted molar refractivity (Wildman–Crippen MR) is 108 cm³/mol. The molecule has 2 aromatic rings. The highest BCUT2D eigenvalue weighted by Crippen LogP contribution is 2.25. The number of nitrogens with zero attached hydrogens (tertiary/aromatic N) is 2. The highest BCUT2D eigenvalue weighted by molar-refractivity contribution is 6.14. The van der Waals surface area contributed by atoms with Gasteiger partial charge in [0.2, 0.25) is 0 Å². The van der Waals surface area contributed by atoms with Crippen LogP contribution in [-0.2, 0) is 4.79 Å². The molecule has 3 rings (SSSR count). The Labute approximate surface area is 160 Å². The Bertz CT molecular complexity index is 933. The summed E-state index contributed by atoms with van der Waals surface area (Å²) < 4.78 is 2.15. The van der Waals surface area contributed by atoms with Crippen LogP contribution in [0.5, 0.6) is 0 Å². The molecule has 0 radical (unpaired) electrons. The van der Waals surface area contributed by atoms with Crippen molar-refractivity contribution < 1.29 is 9.59 Å². The number of carbonyl (C=O) groups excluding carboxylic acids is 2. The minimum Gasteiger partial charge on any atom is -0.318 e. The van der Waals surface area contributed by atoms with E-state index in [0.717, 1.165) is 27.5 Å². The fourth-order valence-electron chi connectivity index (χ4n) is 3.36. The molecule has 2 heterocycles. The van der Waals surface area contributed by atoms with Gasteiger partial charge in [0, 0.05) is 23.6 Å². The van der Waals surface area contributed by atoms with Crippen molar-refractivity contribution in [3.05, 3.63) is 71.2 Å². The molecule has 0 saturated carbocycles. The Morgan fingerprint density at radius 3 is 2.41 bits per heavy atom. The molecule has 140 valence electrons. The quantitative estimate of drug-likeness (QED) is 0.489. The van der Waals surface area contributed by atoms with Gasteiger partial charge in [-0.3, -0.25) is 9.69 Å². The summed E-state index contributed by atoms with van der Waals surface area (Å²) >= 11 is 0. The van der Waals surface area contributed by atoms with Crippen molar-refractivity contribution in [3.8, 4) is 5.69 Å². The zero-order valence-electron chi connectivity index (χ0n) is 16.2. The second-order valence-electron chi connectivity index (χ2n) is 7.10. The van der Waals surface area contributed by atoms with Crippen LogP contribution < -0.4 is 5.32 Å². The van der Waals surface area contributed by atoms with Gasteiger partial charge in [-0.1, -0.05) is 32.1 Å². The number of nitrogens with one attached hydrogen (secondary N) is 1. The Morgan fingerprint density at radius 1 is 1.15 bits per heavy atom. The predicted octanol–water partition coefficient (Wildman–Crippen LogP) is 4.30. The third kappa shape index (κ3) is 3.45. The maximum absolute atomic E-state index is 12.4. The number of hydrogen-bond donors (Lipinski definition) is 1. The summed E-state index contributed by atoms with van der Waals surface area (Å²) in [5, 5.41) is 2.64. The van der Waals surface area contributed by atoms with Gasteiger partial charge in [0.15, 0.2) is 0 Å². The van der Waals surface area contributed by atoms with Gasteiger partial charge >= 0.3 is 6.03 Å². The van der Waals surface area contributed by atoms with E-state index in [1.165, 1.54) is 11.6 Å². The Morgan fingerprint density at radius 2 is 1.81 bits per heavy atom. The van der Waals surface area contributed by atoms with Crippen LogP contribution in [-0.4, -0.2) is 28.0 Å². The van der Waals surface area contributed by atoms with Crippen LogP contribution in [0.1, 0.15) is 42.3 Å². The standard InChI is InChI=1S/C22H25N3O2/c1-6-11-24-21(26)20(23-22(24)27)13-18-12-15(4)25(16(18)5)19-9-7-17(8-10-19)14(2)3/h6-10,12-14H,1,11H2,2-5H3,(H,23,27)/b20-13+. The van der Waals surface area contributed by atoms with Crippen LogP contribution in [0, 0.1) is 13.8 Å². The monoisotopic (exact) mass is 363 g/mol. The SMILES string of the molecule is C=CCN1C(=O)N/C(=C/c2cc(C)n(-c3ccc(C(C)C)cc3)c2C)C1=O. The molecular weight excluding hydrogens is 338 g/mol. The molecular formula is C22H25N3O2. The van der Waals surface area contributed by atoms with Gasteiger partial charge in [-0.2, -0.15) is 0 Å². The number of aromatic nitrogens is 1. The lowest BCUT2D eigenvalue weighted by Crippen LogP contribution is -2.30. The number of imide groups is 1. The molecule has 5 nitrogen and oxygen atoms in total. The van der Waals surface area contributed by atoms with Crippen LogP contribution in [0.25, 0.3) is 11.8 Å². The number of hydrogen-bond acceptors (Lipinski definition) is 2. The van der Waals surface area contributed by atoms with Gasteiger partial charge in [0.25, 0.3) is 5.91 Å². The molecule has 1 aliphatic rings. The van der Waals surface area contributed by atoms with E-state index in [-0.39, 0.29) is 18.1 Å². The summed E-state index contributed by atoms with van der Waals surface area (Å²) in [6.45, 7) is 12.2. The third-order valence-corrected chi connectivity index (χ3v) is 4.86. The first-order valence-corrected chi connectivity index (χ1v) is 9.08. The molecule has 1 saturated heterocycles. The molecule has 0 atom stereocenters. The Balaban J connectivity index is 1.96. The number of urea groups is 1. The van der Waals surface area contributed by atoms with E-state index >= 15 is 0 Å². The van der Waals surface area contributed by atoms with Gasteiger partial charge < -0.3 is 9.88 Å². The van der Waals surface area contributed by atoms with E-state index in [4.69, 9.17) is 0 Å². The minimum absolute atomic E-state index is 0.198. The highest BCUT2D eigenvalue weighted by atomic mass is 16.2. The Kier molecular flexibility index (Phi) is 5.04. The summed E-state index contributed by atoms with van der Waals surface area (Å²) in [6.07, 6.45) is 3.28. The highest BCUT2D eigenvalue weighted by Gasteiger charge is 2.32. The molecule has 0 aliphatic carbocycles. The maximum Gasteiger partial charge on any atom is 0.329 e. The molecule has 1 aromatic carbocycles. The number of benzene rings is 1. The number of rotatable bonds is 5. The van der Waals surface area contributed by atoms with Crippen molar-refractivity contribution in [1.82, 2.24) is 14.8 Å². The average Bonchev–Trinajstić information content (AvgIpc) is 3.05. The topological polar surface area (TPSA) is 54.3 Å². The third-order valence-electron chi connectivity index (χ3n) is 4.86. The van der Waals surface area contributed by atoms with Crippen molar-refractivity contribution in [2.45, 2.75) is 33.6 Å². The summed E-state index contributed by atoms with van der Waals surface area (Å²) in [4.78, 5) is 25.5. The molecule has 1 N–H and O–H groups in total. The summed E-state index contributed by atoms with van der Waals surface area (Å²) in [6, 6.07) is 10.1. The minimum atomic E-state index is -0.413. The largest absolute Gasteiger partial charge is 0.329 e. The van der Waals surface area contributed by atoms with Crippen molar-refractivity contribution in [1.29, 1.82) is 0 Å². The summed E-state index contributed by atoms with van der Waals surface area (Å²) in [5.74, 6) is 0.160. The zero-order valence-corrected chi connectivity index (χ0v) is 16.2. The molecule has 3 amide bonds. The van der Waals surface area contributed by atoms with E-state index in [9.17, 15) is 9.59 Å². The average molecular weight is 363 g/mol. The van der Waals surface area contributed by atoms with E-state index < -0.39 is 6.03 Å². The number of amides is 3. The smallest absolute Gasteiger partial charge is 0.318 e. The van der Waals surface area contributed by atoms with Crippen molar-refractivity contribution in [2.75, 3.05) is 6.54 Å². The molecule has 0 bridgehead atoms. The van der Waals surface area contributed by atoms with E-state index in [2.05, 4.69) is 54.6 Å². The number of aryl methyl sites for hydroxylation is 1. The van der Waals surface area contributed by atoms with Crippen molar-refractivity contribution in [2.24, 2.45) is 0 Å². The summed E-state index contributed by atoms with van der Waals surface area (Å²) in [5.41, 5.74) is 5.65. The van der Waals surface area contributed by atoms with Gasteiger partial charge in [-0.25, -0.2) is 4.79 Å². The van der Waals surface area contributed by atoms with Crippen molar-refractivity contribution >= 4 is 18.0 Å². The van der Waals surface area contributed by atoms with E-state index in [1.807, 2.05) is 19.9 Å². The molecule has 27 heavy (non-hydrogen) atoms. The maximum atomic E-state index is 12.4. The lowest BCUT2D eigenvalue weighted by molar-refractivity contribution is -0.122. The lowest BCUT2D eigenvalue weighted by Gasteiger charge is -2.12. The van der Waals surface area contributed by atoms with Crippen LogP contribution in [0.3, 0.4) is 0 Å². The first-order chi connectivity index (χ1) is 12.8. The van der Waals surface area contributed by atoms with Crippen LogP contribution >= 0.6 is 0 Å². The van der Waals surface area contributed by atoms with Gasteiger partial charge in [0.05, 0.1) is 0 Å². The first kappa shape index (κ1) is 18.7. The fraction of sp³-hybridized carbons (Fsp3) is 0.273. The molecule has 0 unspecified atom stereocenters. The van der Waals surface area contributed by atoms with Crippen LogP contribution in [0.4, 0.5) is 4.79 Å². The second kappa shape index (κ2) is 7.27. The van der Waals surface area contributed by atoms with Crippen LogP contribution in [0.2, 0.25) is 0 Å².